The number of para-hydroxylation sites is 2. The number of hydrogen-bond acceptors (Lipinski definition) is 6. The van der Waals surface area contributed by atoms with Crippen LogP contribution < -0.4 is 15.6 Å². The van der Waals surface area contributed by atoms with E-state index in [0.717, 1.165) is 11.6 Å². The SMILES string of the molecule is O=C(N/N=C/[C@H]1C(=O)NC(=S)N(c2ccccc2)C1=O)c1cc2ccccc2o1. The van der Waals surface area contributed by atoms with E-state index in [2.05, 4.69) is 15.8 Å². The Morgan fingerprint density at radius 2 is 1.86 bits per heavy atom. The van der Waals surface area contributed by atoms with Crippen molar-refractivity contribution in [3.8, 4) is 0 Å². The molecule has 0 radical (unpaired) electrons. The third-order valence-electron chi connectivity index (χ3n) is 4.26. The standard InChI is InChI=1S/C20H14N4O4S/c25-17-14(19(27)24(20(29)22-17)13-7-2-1-3-8-13)11-21-23-18(26)16-10-12-6-4-5-9-15(12)28-16/h1-11,14H,(H,23,26)(H,22,25,29)/b21-11+/t14-/m0/s1. The second-order valence-corrected chi connectivity index (χ2v) is 6.54. The number of thiocarbonyl (C=S) groups is 1. The van der Waals surface area contributed by atoms with Gasteiger partial charge in [-0.3, -0.25) is 19.3 Å². The molecule has 0 spiro atoms. The van der Waals surface area contributed by atoms with E-state index in [-0.39, 0.29) is 10.9 Å². The summed E-state index contributed by atoms with van der Waals surface area (Å²) in [7, 11) is 0. The number of benzene rings is 2. The van der Waals surface area contributed by atoms with Crippen molar-refractivity contribution < 1.29 is 18.8 Å². The summed E-state index contributed by atoms with van der Waals surface area (Å²) < 4.78 is 5.45. The maximum atomic E-state index is 12.8. The van der Waals surface area contributed by atoms with E-state index in [9.17, 15) is 14.4 Å². The Hall–Kier alpha value is -3.85. The number of furan rings is 1. The Bertz CT molecular complexity index is 1120. The Kier molecular flexibility index (Phi) is 4.88. The summed E-state index contributed by atoms with van der Waals surface area (Å²) in [6.07, 6.45) is 1.07. The summed E-state index contributed by atoms with van der Waals surface area (Å²) in [6.45, 7) is 0. The number of anilines is 1. The van der Waals surface area contributed by atoms with Crippen LogP contribution in [0.1, 0.15) is 10.6 Å². The van der Waals surface area contributed by atoms with Crippen molar-refractivity contribution >= 4 is 57.9 Å². The lowest BCUT2D eigenvalue weighted by Crippen LogP contribution is -2.58. The van der Waals surface area contributed by atoms with E-state index in [1.54, 1.807) is 48.5 Å². The zero-order chi connectivity index (χ0) is 20.4. The molecular formula is C20H14N4O4S. The van der Waals surface area contributed by atoms with E-state index in [1.165, 1.54) is 4.90 Å². The van der Waals surface area contributed by atoms with Gasteiger partial charge in [-0.1, -0.05) is 36.4 Å². The van der Waals surface area contributed by atoms with Crippen LogP contribution in [0.5, 0.6) is 0 Å². The first-order chi connectivity index (χ1) is 14.0. The van der Waals surface area contributed by atoms with E-state index in [1.807, 2.05) is 12.1 Å². The minimum Gasteiger partial charge on any atom is -0.451 e. The van der Waals surface area contributed by atoms with Crippen molar-refractivity contribution in [3.05, 3.63) is 66.4 Å². The molecule has 0 aliphatic carbocycles. The highest BCUT2D eigenvalue weighted by atomic mass is 32.1. The molecule has 2 N–H and O–H groups in total. The van der Waals surface area contributed by atoms with Crippen molar-refractivity contribution in [1.29, 1.82) is 0 Å². The normalized spacial score (nSPS) is 17.0. The van der Waals surface area contributed by atoms with Crippen LogP contribution >= 0.6 is 12.2 Å². The van der Waals surface area contributed by atoms with Crippen LogP contribution in [0.4, 0.5) is 5.69 Å². The smallest absolute Gasteiger partial charge is 0.307 e. The summed E-state index contributed by atoms with van der Waals surface area (Å²) >= 11 is 5.11. The minimum absolute atomic E-state index is 0.0119. The van der Waals surface area contributed by atoms with Gasteiger partial charge in [0.25, 0.3) is 5.91 Å². The Morgan fingerprint density at radius 1 is 1.14 bits per heavy atom. The van der Waals surface area contributed by atoms with Crippen LogP contribution in [0.2, 0.25) is 0 Å². The minimum atomic E-state index is -1.24. The molecule has 3 amide bonds. The largest absolute Gasteiger partial charge is 0.451 e. The number of hydrogen-bond donors (Lipinski definition) is 2. The lowest BCUT2D eigenvalue weighted by molar-refractivity contribution is -0.130. The lowest BCUT2D eigenvalue weighted by Gasteiger charge is -2.30. The molecule has 1 aliphatic heterocycles. The Morgan fingerprint density at radius 3 is 2.62 bits per heavy atom. The quantitative estimate of drug-likeness (QED) is 0.299. The number of hydrazone groups is 1. The first-order valence-corrected chi connectivity index (χ1v) is 9.01. The first kappa shape index (κ1) is 18.5. The molecule has 2 aromatic carbocycles. The number of nitrogens with one attached hydrogen (secondary N) is 2. The molecular weight excluding hydrogens is 392 g/mol. The molecule has 1 aliphatic rings. The van der Waals surface area contributed by atoms with Gasteiger partial charge in [-0.2, -0.15) is 5.10 Å². The van der Waals surface area contributed by atoms with E-state index >= 15 is 0 Å². The maximum absolute atomic E-state index is 12.8. The van der Waals surface area contributed by atoms with Crippen LogP contribution in [-0.2, 0) is 9.59 Å². The lowest BCUT2D eigenvalue weighted by atomic mass is 10.1. The fourth-order valence-corrected chi connectivity index (χ4v) is 3.16. The molecule has 2 heterocycles. The monoisotopic (exact) mass is 406 g/mol. The number of carbonyl (C=O) groups is 3. The van der Waals surface area contributed by atoms with Crippen LogP contribution in [0.3, 0.4) is 0 Å². The first-order valence-electron chi connectivity index (χ1n) is 8.60. The molecule has 1 aromatic heterocycles. The number of nitrogens with zero attached hydrogens (tertiary/aromatic N) is 2. The van der Waals surface area contributed by atoms with Gasteiger partial charge in [-0.15, -0.1) is 0 Å². The summed E-state index contributed by atoms with van der Waals surface area (Å²) in [5.74, 6) is -2.95. The molecule has 29 heavy (non-hydrogen) atoms. The molecule has 0 saturated carbocycles. The molecule has 1 atom stereocenters. The Balaban J connectivity index is 1.49. The van der Waals surface area contributed by atoms with Crippen molar-refractivity contribution in [2.45, 2.75) is 0 Å². The van der Waals surface area contributed by atoms with E-state index in [4.69, 9.17) is 16.6 Å². The fourth-order valence-electron chi connectivity index (χ4n) is 2.86. The molecule has 8 nitrogen and oxygen atoms in total. The summed E-state index contributed by atoms with van der Waals surface area (Å²) in [5.41, 5.74) is 3.35. The van der Waals surface area contributed by atoms with Gasteiger partial charge in [0.2, 0.25) is 5.91 Å². The molecule has 4 rings (SSSR count). The van der Waals surface area contributed by atoms with Crippen molar-refractivity contribution in [2.24, 2.45) is 11.0 Å². The van der Waals surface area contributed by atoms with Gasteiger partial charge in [-0.25, -0.2) is 5.43 Å². The topological polar surface area (TPSA) is 104 Å². The number of rotatable bonds is 4. The van der Waals surface area contributed by atoms with Gasteiger partial charge in [-0.05, 0) is 36.5 Å². The average Bonchev–Trinajstić information content (AvgIpc) is 3.15. The molecule has 0 unspecified atom stereocenters. The third kappa shape index (κ3) is 3.63. The predicted octanol–water partition coefficient (Wildman–Crippen LogP) is 2.21. The van der Waals surface area contributed by atoms with Gasteiger partial charge >= 0.3 is 5.91 Å². The fraction of sp³-hybridized carbons (Fsp3) is 0.0500. The van der Waals surface area contributed by atoms with E-state index < -0.39 is 23.6 Å². The van der Waals surface area contributed by atoms with Crippen molar-refractivity contribution in [2.75, 3.05) is 4.90 Å². The third-order valence-corrected chi connectivity index (χ3v) is 4.54. The summed E-state index contributed by atoms with van der Waals surface area (Å²) in [5, 5.41) is 6.99. The summed E-state index contributed by atoms with van der Waals surface area (Å²) in [4.78, 5) is 38.4. The van der Waals surface area contributed by atoms with Gasteiger partial charge in [0, 0.05) is 11.6 Å². The highest BCUT2D eigenvalue weighted by Gasteiger charge is 2.38. The highest BCUT2D eigenvalue weighted by Crippen LogP contribution is 2.20. The van der Waals surface area contributed by atoms with Crippen LogP contribution in [0.15, 0.2) is 70.2 Å². The second-order valence-electron chi connectivity index (χ2n) is 6.15. The molecule has 3 aromatic rings. The Labute approximate surface area is 170 Å². The number of carbonyl (C=O) groups excluding carboxylic acids is 3. The molecule has 144 valence electrons. The van der Waals surface area contributed by atoms with Crippen LogP contribution in [-0.4, -0.2) is 29.0 Å². The van der Waals surface area contributed by atoms with Gasteiger partial charge < -0.3 is 9.73 Å². The summed E-state index contributed by atoms with van der Waals surface area (Å²) in [6, 6.07) is 17.4. The average molecular weight is 406 g/mol. The van der Waals surface area contributed by atoms with Gasteiger partial charge in [0.1, 0.15) is 5.58 Å². The predicted molar refractivity (Wildman–Crippen MR) is 110 cm³/mol. The maximum Gasteiger partial charge on any atom is 0.307 e. The second kappa shape index (κ2) is 7.64. The van der Waals surface area contributed by atoms with Crippen molar-refractivity contribution in [1.82, 2.24) is 10.7 Å². The molecule has 9 heteroatoms. The highest BCUT2D eigenvalue weighted by molar-refractivity contribution is 7.80. The molecule has 1 fully saturated rings. The number of amides is 3. The van der Waals surface area contributed by atoms with E-state index in [0.29, 0.717) is 11.3 Å². The molecule has 0 bridgehead atoms. The van der Waals surface area contributed by atoms with Crippen LogP contribution in [0, 0.1) is 5.92 Å². The zero-order valence-corrected chi connectivity index (χ0v) is 15.7. The number of fused-ring (bicyclic) bond motifs is 1. The van der Waals surface area contributed by atoms with Gasteiger partial charge in [0.05, 0.1) is 5.69 Å². The molecule has 1 saturated heterocycles. The van der Waals surface area contributed by atoms with Gasteiger partial charge in [0.15, 0.2) is 16.8 Å². The zero-order valence-electron chi connectivity index (χ0n) is 14.9. The van der Waals surface area contributed by atoms with Crippen LogP contribution in [0.25, 0.3) is 11.0 Å². The van der Waals surface area contributed by atoms with Crippen molar-refractivity contribution in [3.63, 3.8) is 0 Å².